The van der Waals surface area contributed by atoms with Gasteiger partial charge in [-0.3, -0.25) is 4.79 Å². The molecule has 1 aliphatic rings. The summed E-state index contributed by atoms with van der Waals surface area (Å²) in [5, 5.41) is 11.8. The fourth-order valence-corrected chi connectivity index (χ4v) is 3.23. The van der Waals surface area contributed by atoms with Crippen LogP contribution in [0.3, 0.4) is 0 Å². The van der Waals surface area contributed by atoms with Gasteiger partial charge in [0, 0.05) is 29.5 Å². The number of hydrogen-bond donors (Lipinski definition) is 1. The molecule has 2 heterocycles. The van der Waals surface area contributed by atoms with E-state index in [1.54, 1.807) is 18.2 Å². The summed E-state index contributed by atoms with van der Waals surface area (Å²) in [6.45, 7) is 1.59. The first-order chi connectivity index (χ1) is 10.9. The van der Waals surface area contributed by atoms with Gasteiger partial charge in [0.05, 0.1) is 17.2 Å². The first kappa shape index (κ1) is 15.6. The minimum absolute atomic E-state index is 0.0989. The number of aromatic nitrogens is 1. The van der Waals surface area contributed by atoms with Crippen LogP contribution in [0.15, 0.2) is 29.6 Å². The zero-order valence-corrected chi connectivity index (χ0v) is 13.3. The van der Waals surface area contributed by atoms with Crippen molar-refractivity contribution in [3.05, 3.63) is 40.2 Å². The Morgan fingerprint density at radius 3 is 2.83 bits per heavy atom. The number of carboxylic acids is 1. The summed E-state index contributed by atoms with van der Waals surface area (Å²) >= 11 is 1.52. The molecule has 0 radical (unpaired) electrons. The van der Waals surface area contributed by atoms with Crippen molar-refractivity contribution >= 4 is 23.2 Å². The Labute approximate surface area is 136 Å². The van der Waals surface area contributed by atoms with E-state index in [0.717, 1.165) is 16.3 Å². The maximum absolute atomic E-state index is 14.1. The molecule has 120 valence electrons. The molecule has 0 spiro atoms. The minimum Gasteiger partial charge on any atom is -0.479 e. The lowest BCUT2D eigenvalue weighted by Gasteiger charge is -2.18. The van der Waals surface area contributed by atoms with E-state index < -0.39 is 18.2 Å². The molecule has 1 unspecified atom stereocenters. The van der Waals surface area contributed by atoms with Crippen LogP contribution in [0.1, 0.15) is 21.8 Å². The summed E-state index contributed by atoms with van der Waals surface area (Å²) in [4.78, 5) is 29.1. The third kappa shape index (κ3) is 2.96. The number of hydrogen-bond acceptors (Lipinski definition) is 4. The van der Waals surface area contributed by atoms with Crippen molar-refractivity contribution in [1.82, 2.24) is 9.88 Å². The standard InChI is InChI=1S/C16H15FN2O3S/c1-10-18-13(8-23-10)11-3-2-4-12(7-11)14(20)19-6-5-16(17,9-19)15(21)22/h2-4,7-8H,5-6,9H2,1H3,(H,21,22). The number of nitrogens with zero attached hydrogens (tertiary/aromatic N) is 2. The second-order valence-electron chi connectivity index (χ2n) is 5.58. The molecule has 1 fully saturated rings. The number of carboxylic acid groups (broad SMARTS) is 1. The summed E-state index contributed by atoms with van der Waals surface area (Å²) in [5.41, 5.74) is -0.347. The molecular formula is C16H15FN2O3S. The van der Waals surface area contributed by atoms with Crippen LogP contribution in [0.25, 0.3) is 11.3 Å². The van der Waals surface area contributed by atoms with Crippen molar-refractivity contribution in [3.63, 3.8) is 0 Å². The Morgan fingerprint density at radius 2 is 2.22 bits per heavy atom. The Bertz CT molecular complexity index is 776. The molecule has 0 bridgehead atoms. The SMILES string of the molecule is Cc1nc(-c2cccc(C(=O)N3CCC(F)(C(=O)O)C3)c2)cs1. The number of thiazole rings is 1. The maximum atomic E-state index is 14.1. The van der Waals surface area contributed by atoms with Gasteiger partial charge in [0.2, 0.25) is 5.67 Å². The number of amides is 1. The van der Waals surface area contributed by atoms with Crippen LogP contribution >= 0.6 is 11.3 Å². The van der Waals surface area contributed by atoms with Gasteiger partial charge in [-0.25, -0.2) is 14.2 Å². The minimum atomic E-state index is -2.35. The van der Waals surface area contributed by atoms with Gasteiger partial charge in [0.1, 0.15) is 0 Å². The number of carbonyl (C=O) groups is 2. The molecule has 3 rings (SSSR count). The van der Waals surface area contributed by atoms with Gasteiger partial charge in [0.25, 0.3) is 5.91 Å². The first-order valence-electron chi connectivity index (χ1n) is 7.13. The van der Waals surface area contributed by atoms with Crippen LogP contribution in [-0.2, 0) is 4.79 Å². The zero-order chi connectivity index (χ0) is 16.6. The predicted molar refractivity (Wildman–Crippen MR) is 84.3 cm³/mol. The summed E-state index contributed by atoms with van der Waals surface area (Å²) in [5.74, 6) is -1.88. The van der Waals surface area contributed by atoms with Gasteiger partial charge in [-0.1, -0.05) is 12.1 Å². The van der Waals surface area contributed by atoms with E-state index in [2.05, 4.69) is 4.98 Å². The van der Waals surface area contributed by atoms with E-state index in [1.807, 2.05) is 18.4 Å². The Kier molecular flexibility index (Phi) is 3.89. The monoisotopic (exact) mass is 334 g/mol. The zero-order valence-electron chi connectivity index (χ0n) is 12.5. The number of likely N-dealkylation sites (tertiary alicyclic amines) is 1. The molecule has 1 amide bonds. The number of aliphatic carboxylic acids is 1. The lowest BCUT2D eigenvalue weighted by atomic mass is 10.1. The second kappa shape index (κ2) is 5.73. The molecule has 1 aliphatic heterocycles. The molecular weight excluding hydrogens is 319 g/mol. The van der Waals surface area contributed by atoms with Crippen LogP contribution in [-0.4, -0.2) is 45.6 Å². The van der Waals surface area contributed by atoms with E-state index in [9.17, 15) is 14.0 Å². The lowest BCUT2D eigenvalue weighted by molar-refractivity contribution is -0.149. The Balaban J connectivity index is 1.82. The van der Waals surface area contributed by atoms with Crippen molar-refractivity contribution in [2.75, 3.05) is 13.1 Å². The van der Waals surface area contributed by atoms with Gasteiger partial charge < -0.3 is 10.0 Å². The maximum Gasteiger partial charge on any atom is 0.343 e. The number of rotatable bonds is 3. The van der Waals surface area contributed by atoms with Crippen LogP contribution in [0.2, 0.25) is 0 Å². The number of alkyl halides is 1. The lowest BCUT2D eigenvalue weighted by Crippen LogP contribution is -2.38. The van der Waals surface area contributed by atoms with E-state index in [-0.39, 0.29) is 18.9 Å². The highest BCUT2D eigenvalue weighted by Gasteiger charge is 2.46. The fraction of sp³-hybridized carbons (Fsp3) is 0.312. The predicted octanol–water partition coefficient (Wildman–Crippen LogP) is 2.76. The summed E-state index contributed by atoms with van der Waals surface area (Å²) in [6.07, 6.45) is -0.182. The highest BCUT2D eigenvalue weighted by molar-refractivity contribution is 7.09. The van der Waals surface area contributed by atoms with E-state index in [4.69, 9.17) is 5.11 Å². The van der Waals surface area contributed by atoms with Gasteiger partial charge in [-0.05, 0) is 19.1 Å². The number of benzene rings is 1. The van der Waals surface area contributed by atoms with Crippen LogP contribution in [0, 0.1) is 6.92 Å². The largest absolute Gasteiger partial charge is 0.479 e. The molecule has 0 aliphatic carbocycles. The Morgan fingerprint density at radius 1 is 1.43 bits per heavy atom. The first-order valence-corrected chi connectivity index (χ1v) is 8.01. The molecule has 2 aromatic rings. The molecule has 0 saturated carbocycles. The quantitative estimate of drug-likeness (QED) is 0.937. The highest BCUT2D eigenvalue weighted by Crippen LogP contribution is 2.28. The van der Waals surface area contributed by atoms with Crippen molar-refractivity contribution < 1.29 is 19.1 Å². The van der Waals surface area contributed by atoms with Crippen LogP contribution in [0.4, 0.5) is 4.39 Å². The molecule has 1 N–H and O–H groups in total. The summed E-state index contributed by atoms with van der Waals surface area (Å²) < 4.78 is 14.1. The third-order valence-corrected chi connectivity index (χ3v) is 4.69. The van der Waals surface area contributed by atoms with E-state index in [1.165, 1.54) is 16.2 Å². The van der Waals surface area contributed by atoms with Crippen molar-refractivity contribution in [3.8, 4) is 11.3 Å². The summed E-state index contributed by atoms with van der Waals surface area (Å²) in [6, 6.07) is 6.94. The average molecular weight is 334 g/mol. The van der Waals surface area contributed by atoms with E-state index >= 15 is 0 Å². The molecule has 5 nitrogen and oxygen atoms in total. The molecule has 23 heavy (non-hydrogen) atoms. The normalized spacial score (nSPS) is 20.7. The van der Waals surface area contributed by atoms with Crippen LogP contribution < -0.4 is 0 Å². The highest BCUT2D eigenvalue weighted by atomic mass is 32.1. The van der Waals surface area contributed by atoms with Gasteiger partial charge in [-0.2, -0.15) is 0 Å². The smallest absolute Gasteiger partial charge is 0.343 e. The topological polar surface area (TPSA) is 70.5 Å². The van der Waals surface area contributed by atoms with E-state index in [0.29, 0.717) is 5.56 Å². The average Bonchev–Trinajstić information content (AvgIpc) is 3.14. The van der Waals surface area contributed by atoms with Gasteiger partial charge in [0.15, 0.2) is 0 Å². The summed E-state index contributed by atoms with van der Waals surface area (Å²) in [7, 11) is 0. The third-order valence-electron chi connectivity index (χ3n) is 3.91. The van der Waals surface area contributed by atoms with Crippen molar-refractivity contribution in [1.29, 1.82) is 0 Å². The number of aryl methyl sites for hydroxylation is 1. The number of halogens is 1. The molecule has 1 atom stereocenters. The van der Waals surface area contributed by atoms with Crippen LogP contribution in [0.5, 0.6) is 0 Å². The van der Waals surface area contributed by atoms with Gasteiger partial charge in [-0.15, -0.1) is 11.3 Å². The second-order valence-corrected chi connectivity index (χ2v) is 6.64. The van der Waals surface area contributed by atoms with Crippen molar-refractivity contribution in [2.45, 2.75) is 19.0 Å². The fourth-order valence-electron chi connectivity index (χ4n) is 2.61. The molecule has 1 aromatic heterocycles. The molecule has 1 saturated heterocycles. The molecule has 7 heteroatoms. The Hall–Kier alpha value is -2.28. The van der Waals surface area contributed by atoms with Crippen molar-refractivity contribution in [2.24, 2.45) is 0 Å². The number of carbonyl (C=O) groups excluding carboxylic acids is 1. The van der Waals surface area contributed by atoms with Gasteiger partial charge >= 0.3 is 5.97 Å². The molecule has 1 aromatic carbocycles.